The van der Waals surface area contributed by atoms with Gasteiger partial charge in [-0.15, -0.1) is 0 Å². The van der Waals surface area contributed by atoms with Crippen LogP contribution < -0.4 is 0 Å². The normalized spacial score (nSPS) is 49.3. The number of hydrogen-bond donors (Lipinski definition) is 0. The molecule has 18 heavy (non-hydrogen) atoms. The van der Waals surface area contributed by atoms with E-state index in [1.807, 2.05) is 20.8 Å². The van der Waals surface area contributed by atoms with Gasteiger partial charge in [0.25, 0.3) is 0 Å². The molecule has 2 fully saturated rings. The Balaban J connectivity index is 2.35. The minimum absolute atomic E-state index is 0.000501. The average Bonchev–Trinajstić information content (AvgIpc) is 2.51. The van der Waals surface area contributed by atoms with Crippen molar-refractivity contribution in [3.8, 4) is 0 Å². The van der Waals surface area contributed by atoms with Gasteiger partial charge in [-0.05, 0) is 31.6 Å². The van der Waals surface area contributed by atoms with Crippen LogP contribution in [-0.4, -0.2) is 17.9 Å². The van der Waals surface area contributed by atoms with Crippen molar-refractivity contribution in [3.05, 3.63) is 0 Å². The second kappa shape index (κ2) is 4.07. The van der Waals surface area contributed by atoms with E-state index in [0.29, 0.717) is 12.2 Å². The molecule has 0 N–H and O–H groups in total. The predicted molar refractivity (Wildman–Crippen MR) is 69.0 cm³/mol. The van der Waals surface area contributed by atoms with Gasteiger partial charge in [0.15, 0.2) is 0 Å². The monoisotopic (exact) mass is 252 g/mol. The van der Waals surface area contributed by atoms with Gasteiger partial charge in [-0.3, -0.25) is 9.59 Å². The molecule has 0 aromatic carbocycles. The highest BCUT2D eigenvalue weighted by molar-refractivity contribution is 5.84. The number of rotatable bonds is 1. The number of esters is 1. The van der Waals surface area contributed by atoms with Crippen LogP contribution in [0.4, 0.5) is 0 Å². The Hall–Kier alpha value is -0.860. The summed E-state index contributed by atoms with van der Waals surface area (Å²) in [6.45, 7) is 10.2. The SMILES string of the molecule is C[C@@H]1C[C@](C)([C@]2(C)C[C@H](C)OC2=O)[C@H](C)CC1=O. The summed E-state index contributed by atoms with van der Waals surface area (Å²) >= 11 is 0. The van der Waals surface area contributed by atoms with Crippen molar-refractivity contribution in [2.24, 2.45) is 22.7 Å². The molecule has 1 heterocycles. The Labute approximate surface area is 109 Å². The highest BCUT2D eigenvalue weighted by Crippen LogP contribution is 2.58. The fourth-order valence-electron chi connectivity index (χ4n) is 3.93. The van der Waals surface area contributed by atoms with Gasteiger partial charge in [0.1, 0.15) is 11.9 Å². The summed E-state index contributed by atoms with van der Waals surface area (Å²) in [4.78, 5) is 24.1. The molecular weight excluding hydrogens is 228 g/mol. The topological polar surface area (TPSA) is 43.4 Å². The van der Waals surface area contributed by atoms with Crippen LogP contribution in [0.15, 0.2) is 0 Å². The molecule has 0 bridgehead atoms. The van der Waals surface area contributed by atoms with E-state index in [2.05, 4.69) is 13.8 Å². The lowest BCUT2D eigenvalue weighted by Gasteiger charge is -2.50. The number of cyclic esters (lactones) is 1. The number of carbonyl (C=O) groups is 2. The molecule has 3 nitrogen and oxygen atoms in total. The Morgan fingerprint density at radius 2 is 1.72 bits per heavy atom. The summed E-state index contributed by atoms with van der Waals surface area (Å²) < 4.78 is 5.38. The first kappa shape index (κ1) is 13.6. The minimum atomic E-state index is -0.444. The number of ketones is 1. The number of Topliss-reactive ketones (excluding diaryl/α,β-unsaturated/α-hetero) is 1. The molecule has 3 heteroatoms. The van der Waals surface area contributed by atoms with Gasteiger partial charge in [-0.1, -0.05) is 20.8 Å². The van der Waals surface area contributed by atoms with Crippen LogP contribution in [0, 0.1) is 22.7 Å². The molecule has 1 aliphatic carbocycles. The Bertz CT molecular complexity index is 389. The summed E-state index contributed by atoms with van der Waals surface area (Å²) in [5.74, 6) is 0.560. The lowest BCUT2D eigenvalue weighted by Crippen LogP contribution is -2.50. The van der Waals surface area contributed by atoms with Crippen LogP contribution in [0.3, 0.4) is 0 Å². The second-order valence-corrected chi connectivity index (χ2v) is 6.85. The zero-order valence-corrected chi connectivity index (χ0v) is 12.1. The van der Waals surface area contributed by atoms with E-state index in [-0.39, 0.29) is 29.3 Å². The first-order valence-electron chi connectivity index (χ1n) is 6.94. The summed E-state index contributed by atoms with van der Waals surface area (Å²) in [6.07, 6.45) is 2.16. The number of ether oxygens (including phenoxy) is 1. The molecule has 1 aliphatic heterocycles. The maximum atomic E-state index is 12.2. The molecular formula is C15H24O3. The highest BCUT2D eigenvalue weighted by Gasteiger charge is 2.59. The molecule has 1 saturated carbocycles. The van der Waals surface area contributed by atoms with E-state index in [1.54, 1.807) is 0 Å². The van der Waals surface area contributed by atoms with Crippen molar-refractivity contribution in [2.45, 2.75) is 60.0 Å². The lowest BCUT2D eigenvalue weighted by atomic mass is 9.52. The molecule has 1 saturated heterocycles. The Morgan fingerprint density at radius 1 is 1.11 bits per heavy atom. The standard InChI is InChI=1S/C15H24O3/c1-9-7-14(4,10(2)6-12(9)16)15(5)8-11(3)18-13(15)17/h9-11H,6-8H2,1-5H3/t9-,10-,11+,14+,15-/m1/s1. The molecule has 0 radical (unpaired) electrons. The van der Waals surface area contributed by atoms with Crippen molar-refractivity contribution in [1.29, 1.82) is 0 Å². The van der Waals surface area contributed by atoms with E-state index < -0.39 is 5.41 Å². The number of hydrogen-bond acceptors (Lipinski definition) is 3. The van der Waals surface area contributed by atoms with E-state index in [1.165, 1.54) is 0 Å². The maximum Gasteiger partial charge on any atom is 0.312 e. The number of carbonyl (C=O) groups excluding carboxylic acids is 2. The van der Waals surface area contributed by atoms with Gasteiger partial charge < -0.3 is 4.74 Å². The third-order valence-electron chi connectivity index (χ3n) is 5.59. The minimum Gasteiger partial charge on any atom is -0.462 e. The molecule has 0 aromatic heterocycles. The first-order chi connectivity index (χ1) is 8.20. The smallest absolute Gasteiger partial charge is 0.312 e. The Morgan fingerprint density at radius 3 is 2.22 bits per heavy atom. The van der Waals surface area contributed by atoms with Crippen LogP contribution in [0.2, 0.25) is 0 Å². The van der Waals surface area contributed by atoms with E-state index in [4.69, 9.17) is 4.74 Å². The van der Waals surface area contributed by atoms with Gasteiger partial charge >= 0.3 is 5.97 Å². The Kier molecular flexibility index (Phi) is 3.07. The van der Waals surface area contributed by atoms with Crippen molar-refractivity contribution < 1.29 is 14.3 Å². The first-order valence-corrected chi connectivity index (χ1v) is 6.94. The molecule has 0 unspecified atom stereocenters. The van der Waals surface area contributed by atoms with Gasteiger partial charge in [-0.2, -0.15) is 0 Å². The highest BCUT2D eigenvalue weighted by atomic mass is 16.6. The zero-order valence-electron chi connectivity index (χ0n) is 12.1. The van der Waals surface area contributed by atoms with Crippen molar-refractivity contribution >= 4 is 11.8 Å². The molecule has 102 valence electrons. The zero-order chi connectivity index (χ0) is 13.7. The van der Waals surface area contributed by atoms with Crippen LogP contribution in [-0.2, 0) is 14.3 Å². The van der Waals surface area contributed by atoms with Gasteiger partial charge in [0.2, 0.25) is 0 Å². The van der Waals surface area contributed by atoms with Crippen LogP contribution in [0.5, 0.6) is 0 Å². The fourth-order valence-corrected chi connectivity index (χ4v) is 3.93. The van der Waals surface area contributed by atoms with Gasteiger partial charge in [0, 0.05) is 18.8 Å². The molecule has 5 atom stereocenters. The van der Waals surface area contributed by atoms with E-state index in [9.17, 15) is 9.59 Å². The summed E-state index contributed by atoms with van der Waals surface area (Å²) in [5.41, 5.74) is -0.580. The maximum absolute atomic E-state index is 12.2. The quantitative estimate of drug-likeness (QED) is 0.674. The summed E-state index contributed by atoms with van der Waals surface area (Å²) in [5, 5.41) is 0. The summed E-state index contributed by atoms with van der Waals surface area (Å²) in [7, 11) is 0. The van der Waals surface area contributed by atoms with Gasteiger partial charge in [-0.25, -0.2) is 0 Å². The third kappa shape index (κ3) is 1.70. The molecule has 0 amide bonds. The van der Waals surface area contributed by atoms with Crippen LogP contribution >= 0.6 is 0 Å². The fraction of sp³-hybridized carbons (Fsp3) is 0.867. The van der Waals surface area contributed by atoms with Crippen molar-refractivity contribution in [1.82, 2.24) is 0 Å². The molecule has 0 aromatic rings. The lowest BCUT2D eigenvalue weighted by molar-refractivity contribution is -0.160. The van der Waals surface area contributed by atoms with Gasteiger partial charge in [0.05, 0.1) is 5.41 Å². The largest absolute Gasteiger partial charge is 0.462 e. The molecule has 2 rings (SSSR count). The molecule has 2 aliphatic rings. The summed E-state index contributed by atoms with van der Waals surface area (Å²) in [6, 6.07) is 0. The van der Waals surface area contributed by atoms with Crippen LogP contribution in [0.1, 0.15) is 53.9 Å². The van der Waals surface area contributed by atoms with Crippen molar-refractivity contribution in [3.63, 3.8) is 0 Å². The van der Waals surface area contributed by atoms with E-state index in [0.717, 1.165) is 12.8 Å². The van der Waals surface area contributed by atoms with Crippen LogP contribution in [0.25, 0.3) is 0 Å². The molecule has 0 spiro atoms. The second-order valence-electron chi connectivity index (χ2n) is 6.85. The predicted octanol–water partition coefficient (Wildman–Crippen LogP) is 2.97. The average molecular weight is 252 g/mol. The van der Waals surface area contributed by atoms with Crippen molar-refractivity contribution in [2.75, 3.05) is 0 Å². The van der Waals surface area contributed by atoms with E-state index >= 15 is 0 Å². The third-order valence-corrected chi connectivity index (χ3v) is 5.59.